The zero-order chi connectivity index (χ0) is 19.2. The first-order valence-electron chi connectivity index (χ1n) is 8.21. The standard InChI is InChI=1S/C21H16ClFN2O2/c22-17-5-1-3-14(11-17)13-24-20(26)16-4-2-6-19(12-16)25-21(27)15-7-9-18(23)10-8-15/h1-12H,13H2,(H,24,26)(H,25,27). The topological polar surface area (TPSA) is 58.2 Å². The number of carbonyl (C=O) groups is 2. The average molecular weight is 383 g/mol. The molecule has 0 spiro atoms. The molecular formula is C21H16ClFN2O2. The maximum absolute atomic E-state index is 13.0. The van der Waals surface area contributed by atoms with Gasteiger partial charge in [0.05, 0.1) is 0 Å². The van der Waals surface area contributed by atoms with Crippen molar-refractivity contribution < 1.29 is 14.0 Å². The van der Waals surface area contributed by atoms with E-state index in [-0.39, 0.29) is 11.8 Å². The minimum atomic E-state index is -0.412. The quantitative estimate of drug-likeness (QED) is 0.674. The Hall–Kier alpha value is -3.18. The molecule has 3 aromatic carbocycles. The molecule has 2 N–H and O–H groups in total. The summed E-state index contributed by atoms with van der Waals surface area (Å²) in [7, 11) is 0. The molecule has 0 unspecified atom stereocenters. The van der Waals surface area contributed by atoms with Crippen molar-refractivity contribution in [1.82, 2.24) is 5.32 Å². The van der Waals surface area contributed by atoms with Crippen molar-refractivity contribution in [3.05, 3.63) is 100 Å². The molecule has 27 heavy (non-hydrogen) atoms. The minimum absolute atomic E-state index is 0.271. The molecule has 4 nitrogen and oxygen atoms in total. The van der Waals surface area contributed by atoms with Crippen molar-refractivity contribution >= 4 is 29.1 Å². The number of nitrogens with one attached hydrogen (secondary N) is 2. The van der Waals surface area contributed by atoms with Crippen LogP contribution in [0, 0.1) is 5.82 Å². The normalized spacial score (nSPS) is 10.3. The predicted octanol–water partition coefficient (Wildman–Crippen LogP) is 4.66. The average Bonchev–Trinajstić information content (AvgIpc) is 2.67. The van der Waals surface area contributed by atoms with Crippen molar-refractivity contribution in [3.63, 3.8) is 0 Å². The second-order valence-corrected chi connectivity index (χ2v) is 6.29. The van der Waals surface area contributed by atoms with Crippen molar-refractivity contribution in [2.45, 2.75) is 6.54 Å². The van der Waals surface area contributed by atoms with Gasteiger partial charge in [0, 0.05) is 28.4 Å². The molecule has 3 rings (SSSR count). The van der Waals surface area contributed by atoms with Crippen LogP contribution in [0.4, 0.5) is 10.1 Å². The summed E-state index contributed by atoms with van der Waals surface area (Å²) in [5.74, 6) is -1.07. The van der Waals surface area contributed by atoms with Gasteiger partial charge < -0.3 is 10.6 Å². The Labute approximate surface area is 161 Å². The highest BCUT2D eigenvalue weighted by Crippen LogP contribution is 2.14. The van der Waals surface area contributed by atoms with E-state index >= 15 is 0 Å². The van der Waals surface area contributed by atoms with Gasteiger partial charge >= 0.3 is 0 Å². The Kier molecular flexibility index (Phi) is 5.84. The molecule has 0 fully saturated rings. The third-order valence-corrected chi connectivity index (χ3v) is 4.07. The summed E-state index contributed by atoms with van der Waals surface area (Å²) in [4.78, 5) is 24.6. The van der Waals surface area contributed by atoms with Gasteiger partial charge in [-0.15, -0.1) is 0 Å². The van der Waals surface area contributed by atoms with Gasteiger partial charge in [0.1, 0.15) is 5.82 Å². The molecule has 0 saturated heterocycles. The fraction of sp³-hybridized carbons (Fsp3) is 0.0476. The molecule has 0 radical (unpaired) electrons. The molecule has 2 amide bonds. The van der Waals surface area contributed by atoms with Gasteiger partial charge in [-0.25, -0.2) is 4.39 Å². The van der Waals surface area contributed by atoms with Crippen LogP contribution in [0.1, 0.15) is 26.3 Å². The van der Waals surface area contributed by atoms with Crippen molar-refractivity contribution in [1.29, 1.82) is 0 Å². The van der Waals surface area contributed by atoms with E-state index in [9.17, 15) is 14.0 Å². The Morgan fingerprint density at radius 1 is 0.852 bits per heavy atom. The summed E-state index contributed by atoms with van der Waals surface area (Å²) in [5, 5.41) is 6.11. The number of carbonyl (C=O) groups excluding carboxylic acids is 2. The van der Waals surface area contributed by atoms with E-state index in [2.05, 4.69) is 10.6 Å². The zero-order valence-corrected chi connectivity index (χ0v) is 15.0. The molecule has 0 aromatic heterocycles. The highest BCUT2D eigenvalue weighted by atomic mass is 35.5. The van der Waals surface area contributed by atoms with Crippen LogP contribution in [-0.4, -0.2) is 11.8 Å². The smallest absolute Gasteiger partial charge is 0.255 e. The molecule has 0 aliphatic rings. The summed E-state index contributed by atoms with van der Waals surface area (Å²) in [6, 6.07) is 19.0. The van der Waals surface area contributed by atoms with Crippen LogP contribution in [0.3, 0.4) is 0 Å². The number of anilines is 1. The Morgan fingerprint density at radius 2 is 1.59 bits per heavy atom. The van der Waals surface area contributed by atoms with Crippen molar-refractivity contribution in [2.75, 3.05) is 5.32 Å². The fourth-order valence-electron chi connectivity index (χ4n) is 2.47. The van der Waals surface area contributed by atoms with E-state index in [4.69, 9.17) is 11.6 Å². The van der Waals surface area contributed by atoms with Crippen LogP contribution in [0.15, 0.2) is 72.8 Å². The van der Waals surface area contributed by atoms with Crippen LogP contribution in [-0.2, 0) is 6.54 Å². The second-order valence-electron chi connectivity index (χ2n) is 5.85. The third-order valence-electron chi connectivity index (χ3n) is 3.83. The number of rotatable bonds is 5. The van der Waals surface area contributed by atoms with E-state index < -0.39 is 5.82 Å². The number of hydrogen-bond donors (Lipinski definition) is 2. The first-order chi connectivity index (χ1) is 13.0. The maximum atomic E-state index is 13.0. The highest BCUT2D eigenvalue weighted by molar-refractivity contribution is 6.30. The van der Waals surface area contributed by atoms with Gasteiger partial charge in [-0.1, -0.05) is 29.8 Å². The zero-order valence-electron chi connectivity index (χ0n) is 14.2. The summed E-state index contributed by atoms with van der Waals surface area (Å²) < 4.78 is 13.0. The van der Waals surface area contributed by atoms with Crippen LogP contribution in [0.25, 0.3) is 0 Å². The minimum Gasteiger partial charge on any atom is -0.348 e. The van der Waals surface area contributed by atoms with E-state index in [0.717, 1.165) is 5.56 Å². The largest absolute Gasteiger partial charge is 0.348 e. The molecule has 6 heteroatoms. The fourth-order valence-corrected chi connectivity index (χ4v) is 2.69. The van der Waals surface area contributed by atoms with Gasteiger partial charge in [-0.05, 0) is 60.2 Å². The lowest BCUT2D eigenvalue weighted by atomic mass is 10.1. The first-order valence-corrected chi connectivity index (χ1v) is 8.59. The Balaban J connectivity index is 1.64. The van der Waals surface area contributed by atoms with Gasteiger partial charge in [0.2, 0.25) is 0 Å². The Bertz CT molecular complexity index is 974. The van der Waals surface area contributed by atoms with Crippen LogP contribution in [0.5, 0.6) is 0 Å². The first kappa shape index (κ1) is 18.6. The van der Waals surface area contributed by atoms with E-state index in [1.54, 1.807) is 36.4 Å². The van der Waals surface area contributed by atoms with Crippen molar-refractivity contribution in [3.8, 4) is 0 Å². The molecule has 0 bridgehead atoms. The number of amides is 2. The number of halogens is 2. The molecule has 0 aliphatic heterocycles. The molecule has 3 aromatic rings. The van der Waals surface area contributed by atoms with Gasteiger partial charge in [-0.3, -0.25) is 9.59 Å². The third kappa shape index (κ3) is 5.15. The van der Waals surface area contributed by atoms with E-state index in [1.165, 1.54) is 24.3 Å². The van der Waals surface area contributed by atoms with Crippen LogP contribution < -0.4 is 10.6 Å². The lowest BCUT2D eigenvalue weighted by molar-refractivity contribution is 0.0949. The maximum Gasteiger partial charge on any atom is 0.255 e. The summed E-state index contributed by atoms with van der Waals surface area (Å²) >= 11 is 5.93. The summed E-state index contributed by atoms with van der Waals surface area (Å²) in [5.41, 5.74) is 2.09. The van der Waals surface area contributed by atoms with Gasteiger partial charge in [-0.2, -0.15) is 0 Å². The summed E-state index contributed by atoms with van der Waals surface area (Å²) in [6.45, 7) is 0.339. The van der Waals surface area contributed by atoms with Gasteiger partial charge in [0.15, 0.2) is 0 Å². The second kappa shape index (κ2) is 8.47. The van der Waals surface area contributed by atoms with Crippen molar-refractivity contribution in [2.24, 2.45) is 0 Å². The highest BCUT2D eigenvalue weighted by Gasteiger charge is 2.09. The molecule has 136 valence electrons. The monoisotopic (exact) mass is 382 g/mol. The molecule has 0 atom stereocenters. The molecule has 0 aliphatic carbocycles. The lowest BCUT2D eigenvalue weighted by Crippen LogP contribution is -2.23. The lowest BCUT2D eigenvalue weighted by Gasteiger charge is -2.09. The molecular weight excluding hydrogens is 367 g/mol. The number of hydrogen-bond acceptors (Lipinski definition) is 2. The molecule has 0 heterocycles. The van der Waals surface area contributed by atoms with E-state index in [0.29, 0.717) is 28.4 Å². The number of benzene rings is 3. The SMILES string of the molecule is O=C(NCc1cccc(Cl)c1)c1cccc(NC(=O)c2ccc(F)cc2)c1. The molecule has 0 saturated carbocycles. The van der Waals surface area contributed by atoms with E-state index in [1.807, 2.05) is 12.1 Å². The van der Waals surface area contributed by atoms with Crippen LogP contribution in [0.2, 0.25) is 5.02 Å². The Morgan fingerprint density at radius 3 is 2.33 bits per heavy atom. The van der Waals surface area contributed by atoms with Crippen LogP contribution >= 0.6 is 11.6 Å². The summed E-state index contributed by atoms with van der Waals surface area (Å²) in [6.07, 6.45) is 0. The van der Waals surface area contributed by atoms with Gasteiger partial charge in [0.25, 0.3) is 11.8 Å². The predicted molar refractivity (Wildman–Crippen MR) is 103 cm³/mol.